The molecule has 0 atom stereocenters. The third-order valence-electron chi connectivity index (χ3n) is 2.95. The van der Waals surface area contributed by atoms with E-state index in [1.165, 1.54) is 0 Å². The molecule has 0 saturated carbocycles. The summed E-state index contributed by atoms with van der Waals surface area (Å²) in [5, 5.41) is 8.71. The Balaban J connectivity index is 1.72. The SMILES string of the molecule is Cc1ccc(Br)cc1OCCCOc1ccc(C#N)cc1. The highest BCUT2D eigenvalue weighted by Gasteiger charge is 2.00. The first-order valence-electron chi connectivity index (χ1n) is 6.71. The predicted molar refractivity (Wildman–Crippen MR) is 85.6 cm³/mol. The zero-order valence-electron chi connectivity index (χ0n) is 11.8. The van der Waals surface area contributed by atoms with Crippen LogP contribution in [0.2, 0.25) is 0 Å². The van der Waals surface area contributed by atoms with Crippen LogP contribution in [-0.4, -0.2) is 13.2 Å². The van der Waals surface area contributed by atoms with Crippen molar-refractivity contribution in [2.45, 2.75) is 13.3 Å². The fourth-order valence-electron chi connectivity index (χ4n) is 1.79. The van der Waals surface area contributed by atoms with E-state index in [0.717, 1.165) is 28.0 Å². The van der Waals surface area contributed by atoms with Crippen LogP contribution in [0.25, 0.3) is 0 Å². The number of aryl methyl sites for hydroxylation is 1. The summed E-state index contributed by atoms with van der Waals surface area (Å²) in [7, 11) is 0. The molecule has 0 aliphatic rings. The van der Waals surface area contributed by atoms with Gasteiger partial charge >= 0.3 is 0 Å². The van der Waals surface area contributed by atoms with E-state index >= 15 is 0 Å². The van der Waals surface area contributed by atoms with Crippen molar-refractivity contribution in [3.63, 3.8) is 0 Å². The molecule has 2 rings (SSSR count). The number of ether oxygens (including phenoxy) is 2. The first-order chi connectivity index (χ1) is 10.2. The number of hydrogen-bond donors (Lipinski definition) is 0. The molecule has 0 aromatic heterocycles. The Morgan fingerprint density at radius 2 is 1.76 bits per heavy atom. The molecule has 21 heavy (non-hydrogen) atoms. The lowest BCUT2D eigenvalue weighted by atomic mass is 10.2. The van der Waals surface area contributed by atoms with E-state index in [1.807, 2.05) is 25.1 Å². The molecule has 0 bridgehead atoms. The van der Waals surface area contributed by atoms with Crippen molar-refractivity contribution in [3.8, 4) is 17.6 Å². The van der Waals surface area contributed by atoms with Gasteiger partial charge in [0.25, 0.3) is 0 Å². The molecular weight excluding hydrogens is 330 g/mol. The first-order valence-corrected chi connectivity index (χ1v) is 7.50. The van der Waals surface area contributed by atoms with Gasteiger partial charge < -0.3 is 9.47 Å². The lowest BCUT2D eigenvalue weighted by Gasteiger charge is -2.10. The van der Waals surface area contributed by atoms with E-state index in [-0.39, 0.29) is 0 Å². The fraction of sp³-hybridized carbons (Fsp3) is 0.235. The van der Waals surface area contributed by atoms with Crippen LogP contribution in [0, 0.1) is 18.3 Å². The molecule has 2 aromatic carbocycles. The smallest absolute Gasteiger partial charge is 0.123 e. The summed E-state index contributed by atoms with van der Waals surface area (Å²) in [6.07, 6.45) is 0.798. The molecule has 0 radical (unpaired) electrons. The molecule has 2 aromatic rings. The van der Waals surface area contributed by atoms with Crippen LogP contribution in [0.3, 0.4) is 0 Å². The molecule has 0 aliphatic heterocycles. The van der Waals surface area contributed by atoms with Crippen LogP contribution in [-0.2, 0) is 0 Å². The number of nitrogens with zero attached hydrogens (tertiary/aromatic N) is 1. The Morgan fingerprint density at radius 3 is 2.48 bits per heavy atom. The molecule has 0 aliphatic carbocycles. The number of hydrogen-bond acceptors (Lipinski definition) is 3. The lowest BCUT2D eigenvalue weighted by molar-refractivity contribution is 0.246. The topological polar surface area (TPSA) is 42.2 Å². The summed E-state index contributed by atoms with van der Waals surface area (Å²) in [5.74, 6) is 1.66. The van der Waals surface area contributed by atoms with Crippen LogP contribution in [0.4, 0.5) is 0 Å². The van der Waals surface area contributed by atoms with Crippen LogP contribution in [0.15, 0.2) is 46.9 Å². The average Bonchev–Trinajstić information content (AvgIpc) is 2.51. The monoisotopic (exact) mass is 345 g/mol. The minimum atomic E-state index is 0.582. The summed E-state index contributed by atoms with van der Waals surface area (Å²) in [6, 6.07) is 15.2. The highest BCUT2D eigenvalue weighted by Crippen LogP contribution is 2.23. The quantitative estimate of drug-likeness (QED) is 0.725. The third kappa shape index (κ3) is 4.80. The molecule has 0 amide bonds. The van der Waals surface area contributed by atoms with E-state index in [2.05, 4.69) is 22.0 Å². The van der Waals surface area contributed by atoms with E-state index in [1.54, 1.807) is 24.3 Å². The molecule has 0 unspecified atom stereocenters. The van der Waals surface area contributed by atoms with Gasteiger partial charge in [0.15, 0.2) is 0 Å². The Labute approximate surface area is 133 Å². The standard InChI is InChI=1S/C17H16BrNO2/c1-13-3-6-15(18)11-17(13)21-10-2-9-20-16-7-4-14(12-19)5-8-16/h3-8,11H,2,9-10H2,1H3. The van der Waals surface area contributed by atoms with Crippen LogP contribution >= 0.6 is 15.9 Å². The van der Waals surface area contributed by atoms with Crippen LogP contribution < -0.4 is 9.47 Å². The number of halogens is 1. The Kier molecular flexibility index (Phi) is 5.65. The van der Waals surface area contributed by atoms with Crippen molar-refractivity contribution in [2.24, 2.45) is 0 Å². The van der Waals surface area contributed by atoms with Gasteiger partial charge in [-0.2, -0.15) is 5.26 Å². The molecule has 0 fully saturated rings. The summed E-state index contributed by atoms with van der Waals surface area (Å²) in [5.41, 5.74) is 1.75. The second-order valence-electron chi connectivity index (χ2n) is 4.60. The van der Waals surface area contributed by atoms with Gasteiger partial charge in [0.2, 0.25) is 0 Å². The Morgan fingerprint density at radius 1 is 1.05 bits per heavy atom. The maximum Gasteiger partial charge on any atom is 0.123 e. The van der Waals surface area contributed by atoms with Crippen molar-refractivity contribution in [1.29, 1.82) is 5.26 Å². The normalized spacial score (nSPS) is 9.95. The molecule has 108 valence electrons. The van der Waals surface area contributed by atoms with Gasteiger partial charge in [-0.25, -0.2) is 0 Å². The van der Waals surface area contributed by atoms with Crippen LogP contribution in [0.1, 0.15) is 17.5 Å². The zero-order chi connectivity index (χ0) is 15.1. The molecule has 0 saturated heterocycles. The summed E-state index contributed by atoms with van der Waals surface area (Å²) >= 11 is 3.43. The van der Waals surface area contributed by atoms with Gasteiger partial charge in [0, 0.05) is 10.9 Å². The second-order valence-corrected chi connectivity index (χ2v) is 5.51. The molecule has 3 nitrogen and oxygen atoms in total. The van der Waals surface area contributed by atoms with E-state index in [4.69, 9.17) is 14.7 Å². The first kappa shape index (κ1) is 15.4. The van der Waals surface area contributed by atoms with Crippen molar-refractivity contribution in [2.75, 3.05) is 13.2 Å². The van der Waals surface area contributed by atoms with Crippen molar-refractivity contribution in [3.05, 3.63) is 58.1 Å². The van der Waals surface area contributed by atoms with Crippen molar-refractivity contribution >= 4 is 15.9 Å². The Bertz CT molecular complexity index is 632. The van der Waals surface area contributed by atoms with E-state index in [9.17, 15) is 0 Å². The Hall–Kier alpha value is -1.99. The number of rotatable bonds is 6. The largest absolute Gasteiger partial charge is 0.493 e. The van der Waals surface area contributed by atoms with Gasteiger partial charge in [0.05, 0.1) is 24.8 Å². The lowest BCUT2D eigenvalue weighted by Crippen LogP contribution is -2.05. The molecule has 0 heterocycles. The third-order valence-corrected chi connectivity index (χ3v) is 3.44. The van der Waals surface area contributed by atoms with Crippen molar-refractivity contribution in [1.82, 2.24) is 0 Å². The van der Waals surface area contributed by atoms with Gasteiger partial charge in [-0.3, -0.25) is 0 Å². The predicted octanol–water partition coefficient (Wildman–Crippen LogP) is 4.48. The average molecular weight is 346 g/mol. The molecular formula is C17H16BrNO2. The van der Waals surface area contributed by atoms with E-state index in [0.29, 0.717) is 18.8 Å². The van der Waals surface area contributed by atoms with Crippen LogP contribution in [0.5, 0.6) is 11.5 Å². The zero-order valence-corrected chi connectivity index (χ0v) is 13.4. The van der Waals surface area contributed by atoms with Gasteiger partial charge in [-0.05, 0) is 48.9 Å². The minimum absolute atomic E-state index is 0.582. The highest BCUT2D eigenvalue weighted by molar-refractivity contribution is 9.10. The minimum Gasteiger partial charge on any atom is -0.493 e. The van der Waals surface area contributed by atoms with E-state index < -0.39 is 0 Å². The molecule has 0 spiro atoms. The summed E-state index contributed by atoms with van der Waals surface area (Å²) < 4.78 is 12.3. The fourth-order valence-corrected chi connectivity index (χ4v) is 2.13. The molecule has 4 heteroatoms. The summed E-state index contributed by atoms with van der Waals surface area (Å²) in [4.78, 5) is 0. The number of benzene rings is 2. The maximum absolute atomic E-state index is 8.71. The maximum atomic E-state index is 8.71. The summed E-state index contributed by atoms with van der Waals surface area (Å²) in [6.45, 7) is 3.21. The van der Waals surface area contributed by atoms with Gasteiger partial charge in [0.1, 0.15) is 11.5 Å². The van der Waals surface area contributed by atoms with Gasteiger partial charge in [-0.1, -0.05) is 22.0 Å². The van der Waals surface area contributed by atoms with Gasteiger partial charge in [-0.15, -0.1) is 0 Å². The van der Waals surface area contributed by atoms with Crippen molar-refractivity contribution < 1.29 is 9.47 Å². The second kappa shape index (κ2) is 7.70. The highest BCUT2D eigenvalue weighted by atomic mass is 79.9. The molecule has 0 N–H and O–H groups in total. The number of nitriles is 1.